The number of piperazine rings is 1. The molecular formula is C12H21N3O. The quantitative estimate of drug-likeness (QED) is 0.710. The summed E-state index contributed by atoms with van der Waals surface area (Å²) in [5.74, 6) is 0.329. The lowest BCUT2D eigenvalue weighted by atomic mass is 9.63. The summed E-state index contributed by atoms with van der Waals surface area (Å²) in [4.78, 5) is 16.3. The van der Waals surface area contributed by atoms with E-state index in [4.69, 9.17) is 0 Å². The molecule has 3 aliphatic rings. The first-order chi connectivity index (χ1) is 7.77. The molecule has 0 aromatic carbocycles. The Kier molecular flexibility index (Phi) is 2.64. The Labute approximate surface area is 97.0 Å². The van der Waals surface area contributed by atoms with Gasteiger partial charge in [0.15, 0.2) is 0 Å². The first-order valence-corrected chi connectivity index (χ1v) is 6.48. The van der Waals surface area contributed by atoms with E-state index in [2.05, 4.69) is 10.2 Å². The van der Waals surface area contributed by atoms with Crippen molar-refractivity contribution in [1.82, 2.24) is 15.1 Å². The molecule has 0 unspecified atom stereocenters. The molecule has 2 saturated heterocycles. The Bertz CT molecular complexity index is 274. The van der Waals surface area contributed by atoms with Gasteiger partial charge in [-0.25, -0.2) is 0 Å². The van der Waals surface area contributed by atoms with Gasteiger partial charge < -0.3 is 10.2 Å². The maximum Gasteiger partial charge on any atom is 0.236 e. The zero-order valence-corrected chi connectivity index (χ0v) is 9.87. The maximum absolute atomic E-state index is 12.0. The molecule has 1 amide bonds. The molecule has 0 atom stereocenters. The Balaban J connectivity index is 1.43. The van der Waals surface area contributed by atoms with E-state index in [1.165, 1.54) is 32.4 Å². The first-order valence-electron chi connectivity index (χ1n) is 6.48. The number of rotatable bonds is 2. The molecule has 1 spiro atoms. The van der Waals surface area contributed by atoms with Crippen LogP contribution < -0.4 is 5.32 Å². The highest BCUT2D eigenvalue weighted by Gasteiger charge is 2.47. The van der Waals surface area contributed by atoms with Gasteiger partial charge in [0.25, 0.3) is 0 Å². The molecule has 1 aliphatic carbocycles. The molecule has 3 rings (SSSR count). The van der Waals surface area contributed by atoms with Crippen LogP contribution in [0.1, 0.15) is 19.3 Å². The Morgan fingerprint density at radius 2 is 1.88 bits per heavy atom. The van der Waals surface area contributed by atoms with Crippen molar-refractivity contribution in [2.45, 2.75) is 19.3 Å². The van der Waals surface area contributed by atoms with E-state index in [-0.39, 0.29) is 0 Å². The van der Waals surface area contributed by atoms with Crippen molar-refractivity contribution in [3.63, 3.8) is 0 Å². The van der Waals surface area contributed by atoms with Crippen molar-refractivity contribution in [3.8, 4) is 0 Å². The predicted molar refractivity (Wildman–Crippen MR) is 62.2 cm³/mol. The van der Waals surface area contributed by atoms with Crippen LogP contribution in [0.3, 0.4) is 0 Å². The first kappa shape index (κ1) is 10.5. The zero-order valence-electron chi connectivity index (χ0n) is 9.87. The molecule has 4 heteroatoms. The van der Waals surface area contributed by atoms with E-state index in [0.717, 1.165) is 26.2 Å². The summed E-state index contributed by atoms with van der Waals surface area (Å²) in [7, 11) is 0. The summed E-state index contributed by atoms with van der Waals surface area (Å²) in [5, 5.41) is 3.27. The van der Waals surface area contributed by atoms with Gasteiger partial charge in [-0.3, -0.25) is 9.69 Å². The SMILES string of the molecule is O=C(CN1CC2(CCC2)C1)N1CCNCC1. The lowest BCUT2D eigenvalue weighted by Crippen LogP contribution is -2.62. The second-order valence-electron chi connectivity index (χ2n) is 5.63. The number of amides is 1. The minimum absolute atomic E-state index is 0.329. The van der Waals surface area contributed by atoms with E-state index in [1.54, 1.807) is 0 Å². The maximum atomic E-state index is 12.0. The number of hydrogen-bond donors (Lipinski definition) is 1. The fourth-order valence-corrected chi connectivity index (χ4v) is 3.21. The molecule has 2 heterocycles. The van der Waals surface area contributed by atoms with E-state index in [9.17, 15) is 4.79 Å². The van der Waals surface area contributed by atoms with E-state index < -0.39 is 0 Å². The van der Waals surface area contributed by atoms with E-state index in [0.29, 0.717) is 17.9 Å². The lowest BCUT2D eigenvalue weighted by Gasteiger charge is -2.56. The van der Waals surface area contributed by atoms with Crippen LogP contribution in [-0.4, -0.2) is 61.5 Å². The molecule has 3 fully saturated rings. The molecule has 0 aromatic heterocycles. The standard InChI is InChI=1S/C12H21N3O/c16-11(15-6-4-13-5-7-15)8-14-9-12(10-14)2-1-3-12/h13H,1-10H2. The van der Waals surface area contributed by atoms with Crippen LogP contribution in [0.25, 0.3) is 0 Å². The third kappa shape index (κ3) is 1.84. The van der Waals surface area contributed by atoms with Crippen LogP contribution in [0.2, 0.25) is 0 Å². The third-order valence-electron chi connectivity index (χ3n) is 4.36. The molecule has 0 bridgehead atoms. The highest BCUT2D eigenvalue weighted by Crippen LogP contribution is 2.47. The number of nitrogens with zero attached hydrogens (tertiary/aromatic N) is 2. The van der Waals surface area contributed by atoms with Gasteiger partial charge in [0.05, 0.1) is 6.54 Å². The third-order valence-corrected chi connectivity index (χ3v) is 4.36. The number of carbonyl (C=O) groups excluding carboxylic acids is 1. The molecule has 0 aromatic rings. The van der Waals surface area contributed by atoms with Gasteiger partial charge in [-0.15, -0.1) is 0 Å². The van der Waals surface area contributed by atoms with Crippen LogP contribution in [0.4, 0.5) is 0 Å². The van der Waals surface area contributed by atoms with Crippen LogP contribution in [0.15, 0.2) is 0 Å². The Morgan fingerprint density at radius 3 is 2.44 bits per heavy atom. The Hall–Kier alpha value is -0.610. The van der Waals surface area contributed by atoms with Crippen molar-refractivity contribution in [2.75, 3.05) is 45.8 Å². The van der Waals surface area contributed by atoms with Crippen molar-refractivity contribution in [2.24, 2.45) is 5.41 Å². The van der Waals surface area contributed by atoms with E-state index in [1.807, 2.05) is 4.90 Å². The average Bonchev–Trinajstić information content (AvgIpc) is 2.21. The van der Waals surface area contributed by atoms with Crippen LogP contribution in [-0.2, 0) is 4.79 Å². The monoisotopic (exact) mass is 223 g/mol. The predicted octanol–water partition coefficient (Wildman–Crippen LogP) is -0.0959. The molecule has 16 heavy (non-hydrogen) atoms. The average molecular weight is 223 g/mol. The summed E-state index contributed by atoms with van der Waals surface area (Å²) < 4.78 is 0. The van der Waals surface area contributed by atoms with Gasteiger partial charge >= 0.3 is 0 Å². The van der Waals surface area contributed by atoms with Crippen LogP contribution in [0.5, 0.6) is 0 Å². The normalized spacial score (nSPS) is 28.6. The summed E-state index contributed by atoms with van der Waals surface area (Å²) >= 11 is 0. The fraction of sp³-hybridized carbons (Fsp3) is 0.917. The Morgan fingerprint density at radius 1 is 1.19 bits per heavy atom. The largest absolute Gasteiger partial charge is 0.339 e. The highest BCUT2D eigenvalue weighted by molar-refractivity contribution is 5.78. The van der Waals surface area contributed by atoms with Crippen molar-refractivity contribution in [1.29, 1.82) is 0 Å². The number of nitrogens with one attached hydrogen (secondary N) is 1. The summed E-state index contributed by atoms with van der Waals surface area (Å²) in [6, 6.07) is 0. The number of carbonyl (C=O) groups is 1. The van der Waals surface area contributed by atoms with Crippen LogP contribution in [0, 0.1) is 5.41 Å². The molecule has 1 N–H and O–H groups in total. The van der Waals surface area contributed by atoms with Gasteiger partial charge in [0, 0.05) is 39.3 Å². The highest BCUT2D eigenvalue weighted by atomic mass is 16.2. The summed E-state index contributed by atoms with van der Waals surface area (Å²) in [6.45, 7) is 6.68. The summed E-state index contributed by atoms with van der Waals surface area (Å²) in [5.41, 5.74) is 0.643. The van der Waals surface area contributed by atoms with Gasteiger partial charge in [0.1, 0.15) is 0 Å². The minimum Gasteiger partial charge on any atom is -0.339 e. The second-order valence-corrected chi connectivity index (χ2v) is 5.63. The molecule has 4 nitrogen and oxygen atoms in total. The smallest absolute Gasteiger partial charge is 0.236 e. The second kappa shape index (κ2) is 4.00. The molecule has 0 radical (unpaired) electrons. The van der Waals surface area contributed by atoms with Crippen molar-refractivity contribution >= 4 is 5.91 Å². The minimum atomic E-state index is 0.329. The molecule has 1 saturated carbocycles. The van der Waals surface area contributed by atoms with Gasteiger partial charge in [-0.05, 0) is 18.3 Å². The topological polar surface area (TPSA) is 35.6 Å². The fourth-order valence-electron chi connectivity index (χ4n) is 3.21. The lowest BCUT2D eigenvalue weighted by molar-refractivity contribution is -0.139. The van der Waals surface area contributed by atoms with Gasteiger partial charge in [-0.2, -0.15) is 0 Å². The molecule has 90 valence electrons. The molecule has 2 aliphatic heterocycles. The van der Waals surface area contributed by atoms with E-state index >= 15 is 0 Å². The van der Waals surface area contributed by atoms with Gasteiger partial charge in [-0.1, -0.05) is 6.42 Å². The number of hydrogen-bond acceptors (Lipinski definition) is 3. The number of likely N-dealkylation sites (tertiary alicyclic amines) is 1. The van der Waals surface area contributed by atoms with Gasteiger partial charge in [0.2, 0.25) is 5.91 Å². The van der Waals surface area contributed by atoms with Crippen LogP contribution >= 0.6 is 0 Å². The zero-order chi connectivity index (χ0) is 11.0. The van der Waals surface area contributed by atoms with Crippen molar-refractivity contribution < 1.29 is 4.79 Å². The molecular weight excluding hydrogens is 202 g/mol. The van der Waals surface area contributed by atoms with Crippen molar-refractivity contribution in [3.05, 3.63) is 0 Å². The summed E-state index contributed by atoms with van der Waals surface area (Å²) in [6.07, 6.45) is 4.19.